The zero-order valence-corrected chi connectivity index (χ0v) is 19.3. The fraction of sp³-hybridized carbons (Fsp3) is 0.304. The smallest absolute Gasteiger partial charge is 0.270 e. The average Bonchev–Trinajstić information content (AvgIpc) is 3.43. The van der Waals surface area contributed by atoms with E-state index in [4.69, 9.17) is 15.9 Å². The van der Waals surface area contributed by atoms with E-state index in [1.807, 2.05) is 30.3 Å². The van der Waals surface area contributed by atoms with Gasteiger partial charge in [0.2, 0.25) is 0 Å². The van der Waals surface area contributed by atoms with Gasteiger partial charge in [0.15, 0.2) is 11.7 Å². The maximum absolute atomic E-state index is 13.7. The lowest BCUT2D eigenvalue weighted by molar-refractivity contribution is -0.126. The fourth-order valence-electron chi connectivity index (χ4n) is 3.27. The molecule has 10 heteroatoms. The second kappa shape index (κ2) is 10.8. The topological polar surface area (TPSA) is 145 Å². The summed E-state index contributed by atoms with van der Waals surface area (Å²) >= 11 is 0.770. The first kappa shape index (κ1) is 24.0. The molecule has 1 atom stereocenters. The van der Waals surface area contributed by atoms with Crippen LogP contribution in [0.25, 0.3) is 0 Å². The van der Waals surface area contributed by atoms with Crippen LogP contribution in [0.4, 0.5) is 5.69 Å². The molecule has 3 rings (SSSR count). The van der Waals surface area contributed by atoms with Crippen LogP contribution in [0.2, 0.25) is 0 Å². The summed E-state index contributed by atoms with van der Waals surface area (Å²) in [6, 6.07) is 11.5. The van der Waals surface area contributed by atoms with Crippen LogP contribution in [0, 0.1) is 5.92 Å². The minimum atomic E-state index is -1.06. The van der Waals surface area contributed by atoms with Crippen LogP contribution in [0.3, 0.4) is 0 Å². The molecule has 0 saturated heterocycles. The number of carbonyl (C=O) groups is 3. The van der Waals surface area contributed by atoms with Crippen molar-refractivity contribution in [1.82, 2.24) is 14.6 Å². The van der Waals surface area contributed by atoms with Gasteiger partial charge in [-0.15, -0.1) is 0 Å². The molecule has 33 heavy (non-hydrogen) atoms. The maximum atomic E-state index is 13.7. The number of hydrogen-bond donors (Lipinski definition) is 3. The van der Waals surface area contributed by atoms with E-state index in [2.05, 4.69) is 23.5 Å². The lowest BCUT2D eigenvalue weighted by atomic mass is 10.1. The van der Waals surface area contributed by atoms with Gasteiger partial charge < -0.3 is 26.1 Å². The van der Waals surface area contributed by atoms with Crippen LogP contribution in [0.15, 0.2) is 53.1 Å². The Morgan fingerprint density at radius 2 is 1.88 bits per heavy atom. The third kappa shape index (κ3) is 5.78. The second-order valence-corrected chi connectivity index (χ2v) is 8.72. The predicted molar refractivity (Wildman–Crippen MR) is 125 cm³/mol. The van der Waals surface area contributed by atoms with Crippen LogP contribution < -0.4 is 16.8 Å². The summed E-state index contributed by atoms with van der Waals surface area (Å²) in [5.41, 5.74) is 11.9. The first-order valence-corrected chi connectivity index (χ1v) is 11.3. The number of amides is 3. The van der Waals surface area contributed by atoms with Crippen LogP contribution in [0.1, 0.15) is 57.8 Å². The van der Waals surface area contributed by atoms with Crippen molar-refractivity contribution in [2.45, 2.75) is 32.9 Å². The average molecular weight is 470 g/mol. The minimum Gasteiger partial charge on any atom is -0.467 e. The van der Waals surface area contributed by atoms with Crippen molar-refractivity contribution in [2.75, 3.05) is 12.3 Å². The lowest BCUT2D eigenvalue weighted by Crippen LogP contribution is -2.43. The molecule has 0 spiro atoms. The van der Waals surface area contributed by atoms with Gasteiger partial charge in [0, 0.05) is 13.1 Å². The molecule has 2 heterocycles. The summed E-state index contributed by atoms with van der Waals surface area (Å²) in [5, 5.41) is 2.90. The molecule has 2 aromatic heterocycles. The van der Waals surface area contributed by atoms with Crippen LogP contribution >= 0.6 is 11.5 Å². The number of hydrogen-bond acceptors (Lipinski definition) is 7. The lowest BCUT2D eigenvalue weighted by Gasteiger charge is -2.29. The molecule has 0 fully saturated rings. The first-order valence-electron chi connectivity index (χ1n) is 10.5. The first-order chi connectivity index (χ1) is 15.8. The van der Waals surface area contributed by atoms with Crippen LogP contribution in [-0.4, -0.2) is 33.5 Å². The van der Waals surface area contributed by atoms with Gasteiger partial charge in [-0.2, -0.15) is 4.37 Å². The Hall–Kier alpha value is -3.66. The largest absolute Gasteiger partial charge is 0.467 e. The Bertz CT molecular complexity index is 1100. The van der Waals surface area contributed by atoms with Gasteiger partial charge in [0.05, 0.1) is 12.0 Å². The summed E-state index contributed by atoms with van der Waals surface area (Å²) in [4.78, 5) is 40.0. The monoisotopic (exact) mass is 469 g/mol. The third-order valence-electron chi connectivity index (χ3n) is 5.01. The maximum Gasteiger partial charge on any atom is 0.270 e. The van der Waals surface area contributed by atoms with Crippen molar-refractivity contribution in [2.24, 2.45) is 11.7 Å². The highest BCUT2D eigenvalue weighted by molar-refractivity contribution is 7.09. The Morgan fingerprint density at radius 1 is 1.15 bits per heavy atom. The summed E-state index contributed by atoms with van der Waals surface area (Å²) in [6.07, 6.45) is 2.23. The number of furan rings is 1. The number of nitrogens with one attached hydrogen (secondary N) is 1. The van der Waals surface area contributed by atoms with E-state index in [9.17, 15) is 14.4 Å². The van der Waals surface area contributed by atoms with Gasteiger partial charge in [0.1, 0.15) is 10.6 Å². The van der Waals surface area contributed by atoms with E-state index < -0.39 is 17.9 Å². The van der Waals surface area contributed by atoms with E-state index >= 15 is 0 Å². The van der Waals surface area contributed by atoms with E-state index in [1.165, 1.54) is 11.2 Å². The SMILES string of the molecule is CC(C)CCNC(=O)[C@H](c1ccco1)N(Cc1ccccc1)C(=O)c1snc(C(N)=O)c1N. The molecule has 3 aromatic rings. The standard InChI is InChI=1S/C23H27N5O4S/c1-14(2)10-11-26-22(30)19(16-9-6-12-32-16)28(13-15-7-4-3-5-8-15)23(31)20-17(24)18(21(25)29)27-33-20/h3-9,12,14,19H,10-11,13,24H2,1-2H3,(H2,25,29)(H,26,30)/t19-/m0/s1. The highest BCUT2D eigenvalue weighted by Gasteiger charge is 2.36. The number of rotatable bonds is 10. The molecule has 0 aliphatic heterocycles. The fourth-order valence-corrected chi connectivity index (χ4v) is 4.03. The molecular formula is C23H27N5O4S. The van der Waals surface area contributed by atoms with Crippen molar-refractivity contribution >= 4 is 34.9 Å². The number of benzene rings is 1. The molecule has 1 aromatic carbocycles. The number of nitrogens with two attached hydrogens (primary N) is 2. The third-order valence-corrected chi connectivity index (χ3v) is 5.86. The van der Waals surface area contributed by atoms with Gasteiger partial charge in [-0.3, -0.25) is 14.4 Å². The molecule has 0 aliphatic carbocycles. The highest BCUT2D eigenvalue weighted by Crippen LogP contribution is 2.30. The van der Waals surface area contributed by atoms with Crippen molar-refractivity contribution in [1.29, 1.82) is 0 Å². The summed E-state index contributed by atoms with van der Waals surface area (Å²) < 4.78 is 9.48. The number of aromatic nitrogens is 1. The molecule has 0 saturated carbocycles. The number of nitrogen functional groups attached to an aromatic ring is 1. The van der Waals surface area contributed by atoms with Gasteiger partial charge in [-0.25, -0.2) is 0 Å². The second-order valence-electron chi connectivity index (χ2n) is 7.95. The molecule has 3 amide bonds. The van der Waals surface area contributed by atoms with Gasteiger partial charge in [0.25, 0.3) is 17.7 Å². The van der Waals surface area contributed by atoms with E-state index in [0.29, 0.717) is 18.2 Å². The Labute approximate surface area is 195 Å². The minimum absolute atomic E-state index is 0.0336. The van der Waals surface area contributed by atoms with Crippen molar-refractivity contribution in [3.8, 4) is 0 Å². The zero-order valence-electron chi connectivity index (χ0n) is 18.5. The normalized spacial score (nSPS) is 11.8. The molecule has 0 aliphatic rings. The molecule has 174 valence electrons. The van der Waals surface area contributed by atoms with Crippen molar-refractivity contribution in [3.63, 3.8) is 0 Å². The quantitative estimate of drug-likeness (QED) is 0.416. The van der Waals surface area contributed by atoms with Crippen molar-refractivity contribution < 1.29 is 18.8 Å². The molecule has 0 unspecified atom stereocenters. The summed E-state index contributed by atoms with van der Waals surface area (Å²) in [7, 11) is 0. The van der Waals surface area contributed by atoms with Gasteiger partial charge in [-0.05, 0) is 41.6 Å². The van der Waals surface area contributed by atoms with Gasteiger partial charge >= 0.3 is 0 Å². The molecular weight excluding hydrogens is 442 g/mol. The molecule has 0 radical (unpaired) electrons. The number of nitrogens with zero attached hydrogens (tertiary/aromatic N) is 2. The number of carbonyl (C=O) groups excluding carboxylic acids is 3. The summed E-state index contributed by atoms with van der Waals surface area (Å²) in [5.74, 6) is -1.06. The number of anilines is 1. The number of primary amides is 1. The summed E-state index contributed by atoms with van der Waals surface area (Å²) in [6.45, 7) is 4.68. The van der Waals surface area contributed by atoms with E-state index in [1.54, 1.807) is 12.1 Å². The highest BCUT2D eigenvalue weighted by atomic mass is 32.1. The Kier molecular flexibility index (Phi) is 7.83. The van der Waals surface area contributed by atoms with Crippen LogP contribution in [0.5, 0.6) is 0 Å². The van der Waals surface area contributed by atoms with Crippen LogP contribution in [-0.2, 0) is 11.3 Å². The molecule has 9 nitrogen and oxygen atoms in total. The molecule has 5 N–H and O–H groups in total. The zero-order chi connectivity index (χ0) is 24.0. The van der Waals surface area contributed by atoms with Crippen molar-refractivity contribution in [3.05, 3.63) is 70.6 Å². The Balaban J connectivity index is 2.02. The predicted octanol–water partition coefficient (Wildman–Crippen LogP) is 2.96. The van der Waals surface area contributed by atoms with Gasteiger partial charge in [-0.1, -0.05) is 44.2 Å². The van der Waals surface area contributed by atoms with E-state index in [-0.39, 0.29) is 28.7 Å². The molecule has 0 bridgehead atoms. The van der Waals surface area contributed by atoms with E-state index in [0.717, 1.165) is 23.5 Å². The Morgan fingerprint density at radius 3 is 2.45 bits per heavy atom.